The average molecular weight is 524 g/mol. The van der Waals surface area contributed by atoms with Gasteiger partial charge < -0.3 is 16.8 Å². The summed E-state index contributed by atoms with van der Waals surface area (Å²) in [4.78, 5) is 16.1. The van der Waals surface area contributed by atoms with E-state index in [1.165, 1.54) is 0 Å². The zero-order chi connectivity index (χ0) is 25.7. The quantitative estimate of drug-likeness (QED) is 0.238. The van der Waals surface area contributed by atoms with Crippen molar-refractivity contribution in [3.8, 4) is 0 Å². The lowest BCUT2D eigenvalue weighted by Gasteiger charge is -2.26. The van der Waals surface area contributed by atoms with Crippen LogP contribution in [0.2, 0.25) is 0 Å². The molecule has 2 rings (SSSR count). The van der Waals surface area contributed by atoms with E-state index in [0.29, 0.717) is 18.8 Å². The largest absolute Gasteiger partial charge is 0.370 e. The van der Waals surface area contributed by atoms with Crippen molar-refractivity contribution in [3.05, 3.63) is 59.2 Å². The smallest absolute Gasteiger partial charge is 0.261 e. The molecule has 0 aliphatic heterocycles. The fourth-order valence-electron chi connectivity index (χ4n) is 3.15. The Balaban J connectivity index is 0.00000612. The van der Waals surface area contributed by atoms with Crippen LogP contribution in [0.5, 0.6) is 0 Å². The molecule has 6 N–H and O–H groups in total. The van der Waals surface area contributed by atoms with E-state index in [2.05, 4.69) is 62.6 Å². The molecule has 0 atom stereocenters. The highest BCUT2D eigenvalue weighted by Gasteiger charge is 2.24. The fourth-order valence-corrected chi connectivity index (χ4v) is 4.28. The molecular formula is C25H38ClN5O3S. The maximum absolute atomic E-state index is 13.2. The summed E-state index contributed by atoms with van der Waals surface area (Å²) in [6, 6.07) is 12.3. The van der Waals surface area contributed by atoms with Crippen LogP contribution in [-0.2, 0) is 32.1 Å². The number of nitrogens with zero attached hydrogens (tertiary/aromatic N) is 1. The molecule has 0 saturated heterocycles. The molecule has 35 heavy (non-hydrogen) atoms. The van der Waals surface area contributed by atoms with E-state index >= 15 is 0 Å². The van der Waals surface area contributed by atoms with Gasteiger partial charge in [-0.25, -0.2) is 8.42 Å². The lowest BCUT2D eigenvalue weighted by Crippen LogP contribution is -2.29. The molecule has 0 aromatic heterocycles. The third-order valence-corrected chi connectivity index (χ3v) is 6.61. The van der Waals surface area contributed by atoms with Crippen molar-refractivity contribution in [2.24, 2.45) is 16.5 Å². The molecule has 0 radical (unpaired) electrons. The van der Waals surface area contributed by atoms with Crippen LogP contribution in [0.25, 0.3) is 0 Å². The van der Waals surface area contributed by atoms with Gasteiger partial charge in [0, 0.05) is 12.2 Å². The van der Waals surface area contributed by atoms with Crippen molar-refractivity contribution < 1.29 is 13.2 Å². The third kappa shape index (κ3) is 9.41. The molecule has 0 unspecified atom stereocenters. The molecule has 0 aliphatic rings. The zero-order valence-corrected chi connectivity index (χ0v) is 22.9. The molecule has 2 aromatic rings. The molecule has 0 heterocycles. The summed E-state index contributed by atoms with van der Waals surface area (Å²) < 4.78 is 29.1. The van der Waals surface area contributed by atoms with Gasteiger partial charge in [-0.3, -0.25) is 14.5 Å². The number of hydrogen-bond donors (Lipinski definition) is 4. The summed E-state index contributed by atoms with van der Waals surface area (Å²) in [5.41, 5.74) is 13.2. The summed E-state index contributed by atoms with van der Waals surface area (Å²) in [7, 11) is -3.80. The fraction of sp³-hybridized carbons (Fsp3) is 0.440. The van der Waals surface area contributed by atoms with Crippen molar-refractivity contribution in [2.45, 2.75) is 63.7 Å². The van der Waals surface area contributed by atoms with E-state index < -0.39 is 10.0 Å². The second-order valence-electron chi connectivity index (χ2n) is 10.4. The number of anilines is 1. The highest BCUT2D eigenvalue weighted by Crippen LogP contribution is 2.32. The summed E-state index contributed by atoms with van der Waals surface area (Å²) in [5, 5.41) is 2.73. The Hall–Kier alpha value is -2.78. The summed E-state index contributed by atoms with van der Waals surface area (Å²) in [6.45, 7) is 13.0. The Morgan fingerprint density at radius 2 is 1.43 bits per heavy atom. The minimum Gasteiger partial charge on any atom is -0.370 e. The van der Waals surface area contributed by atoms with Crippen LogP contribution in [0, 0.1) is 0 Å². The first-order valence-corrected chi connectivity index (χ1v) is 12.7. The van der Waals surface area contributed by atoms with E-state index in [1.54, 1.807) is 36.4 Å². The lowest BCUT2D eigenvalue weighted by molar-refractivity contribution is -0.120. The van der Waals surface area contributed by atoms with Gasteiger partial charge in [0.25, 0.3) is 10.0 Å². The van der Waals surface area contributed by atoms with Crippen LogP contribution < -0.4 is 21.5 Å². The number of nitrogens with one attached hydrogen (secondary N) is 2. The molecule has 0 saturated carbocycles. The van der Waals surface area contributed by atoms with Crippen LogP contribution in [0.15, 0.2) is 52.4 Å². The topological polar surface area (TPSA) is 140 Å². The molecule has 0 aliphatic carbocycles. The highest BCUT2D eigenvalue weighted by molar-refractivity contribution is 7.92. The van der Waals surface area contributed by atoms with Gasteiger partial charge in [-0.1, -0.05) is 59.7 Å². The van der Waals surface area contributed by atoms with Gasteiger partial charge in [0.05, 0.1) is 17.9 Å². The Morgan fingerprint density at radius 3 is 1.89 bits per heavy atom. The monoisotopic (exact) mass is 523 g/mol. The first kappa shape index (κ1) is 30.3. The molecule has 10 heteroatoms. The van der Waals surface area contributed by atoms with E-state index in [4.69, 9.17) is 11.5 Å². The SMILES string of the molecule is CC(C)(C)c1cc(C(C)(C)C)cc(S(=O)(=O)Nc2ccc(CC(=O)NCCN=C(N)N)cc2)c1.Cl. The van der Waals surface area contributed by atoms with Crippen LogP contribution in [0.4, 0.5) is 5.69 Å². The lowest BCUT2D eigenvalue weighted by atomic mass is 9.81. The van der Waals surface area contributed by atoms with Gasteiger partial charge in [-0.05, 0) is 51.8 Å². The predicted molar refractivity (Wildman–Crippen MR) is 146 cm³/mol. The number of guanidine groups is 1. The number of halogens is 1. The number of sulfonamides is 1. The molecular weight excluding hydrogens is 486 g/mol. The first-order chi connectivity index (χ1) is 15.6. The van der Waals surface area contributed by atoms with E-state index in [1.807, 2.05) is 0 Å². The molecule has 0 bridgehead atoms. The second kappa shape index (κ2) is 11.8. The van der Waals surface area contributed by atoms with E-state index in [9.17, 15) is 13.2 Å². The minimum atomic E-state index is -3.80. The van der Waals surface area contributed by atoms with Crippen molar-refractivity contribution in [2.75, 3.05) is 17.8 Å². The van der Waals surface area contributed by atoms with Crippen LogP contribution in [0.3, 0.4) is 0 Å². The number of amides is 1. The number of rotatable bonds is 8. The Kier molecular flexibility index (Phi) is 10.2. The van der Waals surface area contributed by atoms with Crippen LogP contribution >= 0.6 is 12.4 Å². The molecule has 2 aromatic carbocycles. The minimum absolute atomic E-state index is 0. The zero-order valence-electron chi connectivity index (χ0n) is 21.3. The number of nitrogens with two attached hydrogens (primary N) is 2. The van der Waals surface area contributed by atoms with Crippen LogP contribution in [-0.4, -0.2) is 33.4 Å². The molecule has 8 nitrogen and oxygen atoms in total. The molecule has 1 amide bonds. The molecule has 194 valence electrons. The predicted octanol–water partition coefficient (Wildman–Crippen LogP) is 3.44. The number of hydrogen-bond acceptors (Lipinski definition) is 4. The summed E-state index contributed by atoms with van der Waals surface area (Å²) in [5.74, 6) is -0.195. The second-order valence-corrected chi connectivity index (χ2v) is 12.1. The van der Waals surface area contributed by atoms with Gasteiger partial charge in [0.2, 0.25) is 5.91 Å². The number of aliphatic imine (C=N–C) groups is 1. The maximum atomic E-state index is 13.2. The maximum Gasteiger partial charge on any atom is 0.261 e. The number of carbonyl (C=O) groups is 1. The van der Waals surface area contributed by atoms with Crippen molar-refractivity contribution in [1.29, 1.82) is 0 Å². The molecule has 0 spiro atoms. The van der Waals surface area contributed by atoms with Gasteiger partial charge >= 0.3 is 0 Å². The standard InChI is InChI=1S/C25H37N5O3S.ClH/c1-24(2,3)18-14-19(25(4,5)6)16-21(15-18)34(32,33)30-20-9-7-17(8-10-20)13-22(31)28-11-12-29-23(26)27;/h7-10,14-16,30H,11-13H2,1-6H3,(H,28,31)(H4,26,27,29);1H. The number of benzene rings is 2. The van der Waals surface area contributed by atoms with Gasteiger partial charge in [-0.15, -0.1) is 12.4 Å². The van der Waals surface area contributed by atoms with Crippen molar-refractivity contribution in [3.63, 3.8) is 0 Å². The van der Waals surface area contributed by atoms with Crippen molar-refractivity contribution in [1.82, 2.24) is 5.32 Å². The Bertz CT molecular complexity index is 1110. The Morgan fingerprint density at radius 1 is 0.914 bits per heavy atom. The first-order valence-electron chi connectivity index (χ1n) is 11.2. The average Bonchev–Trinajstić information content (AvgIpc) is 2.71. The third-order valence-electron chi connectivity index (χ3n) is 5.25. The van der Waals surface area contributed by atoms with E-state index in [-0.39, 0.29) is 46.4 Å². The summed E-state index contributed by atoms with van der Waals surface area (Å²) in [6.07, 6.45) is 0.164. The van der Waals surface area contributed by atoms with Gasteiger partial charge in [0.1, 0.15) is 0 Å². The number of carbonyl (C=O) groups excluding carboxylic acids is 1. The van der Waals surface area contributed by atoms with E-state index in [0.717, 1.165) is 16.7 Å². The molecule has 0 fully saturated rings. The van der Waals surface area contributed by atoms with Crippen molar-refractivity contribution >= 4 is 40.0 Å². The normalized spacial score (nSPS) is 11.8. The highest BCUT2D eigenvalue weighted by atomic mass is 35.5. The Labute approximate surface area is 215 Å². The van der Waals surface area contributed by atoms with Gasteiger partial charge in [-0.2, -0.15) is 0 Å². The summed E-state index contributed by atoms with van der Waals surface area (Å²) >= 11 is 0. The van der Waals surface area contributed by atoms with Crippen LogP contribution in [0.1, 0.15) is 58.2 Å². The van der Waals surface area contributed by atoms with Gasteiger partial charge in [0.15, 0.2) is 5.96 Å².